The lowest BCUT2D eigenvalue weighted by molar-refractivity contribution is -0.119. The monoisotopic (exact) mass is 208 g/mol. The summed E-state index contributed by atoms with van der Waals surface area (Å²) < 4.78 is 0. The van der Waals surface area contributed by atoms with Crippen molar-refractivity contribution in [3.8, 4) is 0 Å². The van der Waals surface area contributed by atoms with Crippen molar-refractivity contribution in [2.24, 2.45) is 0 Å². The van der Waals surface area contributed by atoms with Crippen molar-refractivity contribution in [2.45, 2.75) is 19.9 Å². The normalized spacial score (nSPS) is 10.1. The van der Waals surface area contributed by atoms with Gasteiger partial charge in [0, 0.05) is 24.0 Å². The lowest BCUT2D eigenvalue weighted by atomic mass is 10.3. The summed E-state index contributed by atoms with van der Waals surface area (Å²) in [4.78, 5) is 15.3. The number of rotatable bonds is 4. The SMILES string of the molecule is CC(C)NC(=O)CNc1cc(N)ccn1. The Morgan fingerprint density at radius 3 is 2.93 bits per heavy atom. The van der Waals surface area contributed by atoms with Gasteiger partial charge in [0.25, 0.3) is 0 Å². The lowest BCUT2D eigenvalue weighted by Gasteiger charge is -2.09. The standard InChI is InChI=1S/C10H16N4O/c1-7(2)14-10(15)6-13-9-5-8(11)3-4-12-9/h3-5,7H,6H2,1-2H3,(H,14,15)(H3,11,12,13). The van der Waals surface area contributed by atoms with E-state index in [1.165, 1.54) is 0 Å². The van der Waals surface area contributed by atoms with Crippen LogP contribution in [0.2, 0.25) is 0 Å². The molecule has 1 amide bonds. The van der Waals surface area contributed by atoms with E-state index in [2.05, 4.69) is 15.6 Å². The van der Waals surface area contributed by atoms with Crippen molar-refractivity contribution in [3.05, 3.63) is 18.3 Å². The summed E-state index contributed by atoms with van der Waals surface area (Å²) in [6.45, 7) is 4.03. The van der Waals surface area contributed by atoms with E-state index in [1.54, 1.807) is 18.3 Å². The number of nitrogens with zero attached hydrogens (tertiary/aromatic N) is 1. The number of carbonyl (C=O) groups is 1. The van der Waals surface area contributed by atoms with Crippen LogP contribution >= 0.6 is 0 Å². The molecular weight excluding hydrogens is 192 g/mol. The Balaban J connectivity index is 2.40. The van der Waals surface area contributed by atoms with Gasteiger partial charge < -0.3 is 16.4 Å². The molecule has 0 fully saturated rings. The van der Waals surface area contributed by atoms with Crippen molar-refractivity contribution in [3.63, 3.8) is 0 Å². The average molecular weight is 208 g/mol. The highest BCUT2D eigenvalue weighted by atomic mass is 16.1. The zero-order valence-electron chi connectivity index (χ0n) is 8.95. The van der Waals surface area contributed by atoms with Crippen LogP contribution in [-0.4, -0.2) is 23.5 Å². The van der Waals surface area contributed by atoms with Gasteiger partial charge in [0.2, 0.25) is 5.91 Å². The molecule has 0 atom stereocenters. The molecule has 0 aromatic carbocycles. The fourth-order valence-corrected chi connectivity index (χ4v) is 1.09. The maximum Gasteiger partial charge on any atom is 0.239 e. The number of hydrogen-bond acceptors (Lipinski definition) is 4. The minimum Gasteiger partial charge on any atom is -0.399 e. The molecular formula is C10H16N4O. The molecule has 15 heavy (non-hydrogen) atoms. The Kier molecular flexibility index (Phi) is 3.91. The van der Waals surface area contributed by atoms with Crippen LogP contribution in [0.3, 0.4) is 0 Å². The molecule has 82 valence electrons. The zero-order valence-corrected chi connectivity index (χ0v) is 8.95. The molecule has 0 radical (unpaired) electrons. The minimum atomic E-state index is -0.0609. The van der Waals surface area contributed by atoms with Gasteiger partial charge in [-0.05, 0) is 19.9 Å². The third-order valence-electron chi connectivity index (χ3n) is 1.66. The number of amides is 1. The summed E-state index contributed by atoms with van der Waals surface area (Å²) in [5, 5.41) is 5.65. The van der Waals surface area contributed by atoms with E-state index in [4.69, 9.17) is 5.73 Å². The van der Waals surface area contributed by atoms with Crippen LogP contribution in [0.4, 0.5) is 11.5 Å². The fourth-order valence-electron chi connectivity index (χ4n) is 1.09. The van der Waals surface area contributed by atoms with Crippen molar-refractivity contribution in [1.82, 2.24) is 10.3 Å². The van der Waals surface area contributed by atoms with Crippen molar-refractivity contribution in [1.29, 1.82) is 0 Å². The molecule has 0 aliphatic rings. The van der Waals surface area contributed by atoms with Crippen molar-refractivity contribution < 1.29 is 4.79 Å². The van der Waals surface area contributed by atoms with Gasteiger partial charge in [-0.3, -0.25) is 4.79 Å². The molecule has 0 unspecified atom stereocenters. The van der Waals surface area contributed by atoms with E-state index < -0.39 is 0 Å². The van der Waals surface area contributed by atoms with E-state index in [0.717, 1.165) is 0 Å². The van der Waals surface area contributed by atoms with E-state index in [1.807, 2.05) is 13.8 Å². The molecule has 0 saturated carbocycles. The van der Waals surface area contributed by atoms with Crippen LogP contribution in [0.15, 0.2) is 18.3 Å². The van der Waals surface area contributed by atoms with Crippen molar-refractivity contribution >= 4 is 17.4 Å². The van der Waals surface area contributed by atoms with Gasteiger partial charge in [0.15, 0.2) is 0 Å². The van der Waals surface area contributed by atoms with Crippen molar-refractivity contribution in [2.75, 3.05) is 17.6 Å². The first-order valence-electron chi connectivity index (χ1n) is 4.82. The lowest BCUT2D eigenvalue weighted by Crippen LogP contribution is -2.34. The molecule has 0 spiro atoms. The van der Waals surface area contributed by atoms with Gasteiger partial charge in [0.1, 0.15) is 5.82 Å². The minimum absolute atomic E-state index is 0.0609. The first-order chi connectivity index (χ1) is 7.08. The smallest absolute Gasteiger partial charge is 0.239 e. The Hall–Kier alpha value is -1.78. The van der Waals surface area contributed by atoms with E-state index in [-0.39, 0.29) is 18.5 Å². The highest BCUT2D eigenvalue weighted by Crippen LogP contribution is 2.06. The molecule has 1 aromatic heterocycles. The van der Waals surface area contributed by atoms with E-state index >= 15 is 0 Å². The van der Waals surface area contributed by atoms with Gasteiger partial charge in [-0.15, -0.1) is 0 Å². The molecule has 5 heteroatoms. The topological polar surface area (TPSA) is 80.0 Å². The highest BCUT2D eigenvalue weighted by molar-refractivity contribution is 5.80. The van der Waals surface area contributed by atoms with Gasteiger partial charge in [0.05, 0.1) is 6.54 Å². The molecule has 0 saturated heterocycles. The summed E-state index contributed by atoms with van der Waals surface area (Å²) in [5.41, 5.74) is 6.19. The number of nitrogens with two attached hydrogens (primary N) is 1. The summed E-state index contributed by atoms with van der Waals surface area (Å²) in [7, 11) is 0. The maximum absolute atomic E-state index is 11.3. The molecule has 1 aromatic rings. The summed E-state index contributed by atoms with van der Waals surface area (Å²) in [5.74, 6) is 0.545. The van der Waals surface area contributed by atoms with Crippen LogP contribution in [0, 0.1) is 0 Å². The summed E-state index contributed by atoms with van der Waals surface area (Å²) in [6.07, 6.45) is 1.60. The molecule has 0 bridgehead atoms. The second kappa shape index (κ2) is 5.19. The van der Waals surface area contributed by atoms with Gasteiger partial charge in [-0.1, -0.05) is 0 Å². The predicted molar refractivity (Wildman–Crippen MR) is 60.4 cm³/mol. The Morgan fingerprint density at radius 2 is 2.33 bits per heavy atom. The predicted octanol–water partition coefficient (Wildman–Crippen LogP) is 0.600. The maximum atomic E-state index is 11.3. The quantitative estimate of drug-likeness (QED) is 0.677. The van der Waals surface area contributed by atoms with Gasteiger partial charge >= 0.3 is 0 Å². The summed E-state index contributed by atoms with van der Waals surface area (Å²) >= 11 is 0. The van der Waals surface area contributed by atoms with Gasteiger partial charge in [-0.25, -0.2) is 4.98 Å². The molecule has 0 aliphatic heterocycles. The number of carbonyl (C=O) groups excluding carboxylic acids is 1. The molecule has 5 nitrogen and oxygen atoms in total. The third kappa shape index (κ3) is 4.30. The van der Waals surface area contributed by atoms with Crippen LogP contribution < -0.4 is 16.4 Å². The average Bonchev–Trinajstić information content (AvgIpc) is 2.14. The number of nitrogen functional groups attached to an aromatic ring is 1. The number of aromatic nitrogens is 1. The van der Waals surface area contributed by atoms with Gasteiger partial charge in [-0.2, -0.15) is 0 Å². The first kappa shape index (κ1) is 11.3. The second-order valence-corrected chi connectivity index (χ2v) is 3.55. The number of anilines is 2. The first-order valence-corrected chi connectivity index (χ1v) is 4.82. The second-order valence-electron chi connectivity index (χ2n) is 3.55. The van der Waals surface area contributed by atoms with E-state index in [0.29, 0.717) is 11.5 Å². The Morgan fingerprint density at radius 1 is 1.60 bits per heavy atom. The molecule has 0 aliphatic carbocycles. The van der Waals surface area contributed by atoms with Crippen LogP contribution in [0.5, 0.6) is 0 Å². The van der Waals surface area contributed by atoms with E-state index in [9.17, 15) is 4.79 Å². The van der Waals surface area contributed by atoms with Crippen LogP contribution in [0.25, 0.3) is 0 Å². The Labute approximate surface area is 89.1 Å². The number of nitrogens with one attached hydrogen (secondary N) is 2. The number of hydrogen-bond donors (Lipinski definition) is 3. The molecule has 1 heterocycles. The number of pyridine rings is 1. The molecule has 1 rings (SSSR count). The largest absolute Gasteiger partial charge is 0.399 e. The zero-order chi connectivity index (χ0) is 11.3. The molecule has 4 N–H and O–H groups in total. The highest BCUT2D eigenvalue weighted by Gasteiger charge is 2.02. The third-order valence-corrected chi connectivity index (χ3v) is 1.66. The Bertz CT molecular complexity index is 338. The van der Waals surface area contributed by atoms with Crippen LogP contribution in [0.1, 0.15) is 13.8 Å². The summed E-state index contributed by atoms with van der Waals surface area (Å²) in [6, 6.07) is 3.52. The van der Waals surface area contributed by atoms with Crippen LogP contribution in [-0.2, 0) is 4.79 Å². The fraction of sp³-hybridized carbons (Fsp3) is 0.400.